The maximum atomic E-state index is 12.9. The number of anilines is 1. The second-order valence-electron chi connectivity index (χ2n) is 7.02. The zero-order valence-electron chi connectivity index (χ0n) is 15.6. The van der Waals surface area contributed by atoms with Gasteiger partial charge in [-0.1, -0.05) is 6.92 Å². The van der Waals surface area contributed by atoms with E-state index in [0.717, 1.165) is 43.9 Å². The number of nitrogens with zero attached hydrogens (tertiary/aromatic N) is 2. The van der Waals surface area contributed by atoms with E-state index in [1.807, 2.05) is 29.2 Å². The van der Waals surface area contributed by atoms with E-state index in [1.165, 1.54) is 0 Å². The van der Waals surface area contributed by atoms with E-state index >= 15 is 0 Å². The largest absolute Gasteiger partial charge is 0.497 e. The first kappa shape index (κ1) is 18.7. The molecule has 6 nitrogen and oxygen atoms in total. The van der Waals surface area contributed by atoms with Crippen LogP contribution in [0.2, 0.25) is 0 Å². The van der Waals surface area contributed by atoms with E-state index in [-0.39, 0.29) is 30.3 Å². The average Bonchev–Trinajstić information content (AvgIpc) is 3.07. The van der Waals surface area contributed by atoms with Crippen molar-refractivity contribution < 1.29 is 19.1 Å². The van der Waals surface area contributed by atoms with Gasteiger partial charge in [-0.2, -0.15) is 0 Å². The number of carbonyl (C=O) groups is 2. The molecule has 2 unspecified atom stereocenters. The molecule has 0 radical (unpaired) electrons. The van der Waals surface area contributed by atoms with Gasteiger partial charge in [-0.05, 0) is 43.5 Å². The summed E-state index contributed by atoms with van der Waals surface area (Å²) < 4.78 is 11.0. The van der Waals surface area contributed by atoms with Crippen LogP contribution < -0.4 is 9.64 Å². The van der Waals surface area contributed by atoms with Crippen LogP contribution in [0, 0.1) is 5.92 Å². The smallest absolute Gasteiger partial charge is 0.228 e. The van der Waals surface area contributed by atoms with Crippen LogP contribution in [0.3, 0.4) is 0 Å². The van der Waals surface area contributed by atoms with Gasteiger partial charge >= 0.3 is 0 Å². The molecule has 142 valence electrons. The lowest BCUT2D eigenvalue weighted by Gasteiger charge is -2.34. The molecular weight excluding hydrogens is 332 g/mol. The lowest BCUT2D eigenvalue weighted by molar-refractivity contribution is -0.139. The van der Waals surface area contributed by atoms with Crippen LogP contribution in [0.5, 0.6) is 5.75 Å². The summed E-state index contributed by atoms with van der Waals surface area (Å²) in [6, 6.07) is 7.38. The van der Waals surface area contributed by atoms with Gasteiger partial charge in [0.2, 0.25) is 11.8 Å². The molecule has 0 bridgehead atoms. The Labute approximate surface area is 155 Å². The second-order valence-corrected chi connectivity index (χ2v) is 7.02. The van der Waals surface area contributed by atoms with Crippen molar-refractivity contribution in [2.45, 2.75) is 38.7 Å². The topological polar surface area (TPSA) is 59.1 Å². The van der Waals surface area contributed by atoms with Gasteiger partial charge in [0, 0.05) is 38.3 Å². The molecule has 0 spiro atoms. The molecule has 2 heterocycles. The molecule has 0 aromatic heterocycles. The first-order valence-corrected chi connectivity index (χ1v) is 9.47. The molecule has 3 rings (SSSR count). The number of likely N-dealkylation sites (tertiary alicyclic amines) is 1. The van der Waals surface area contributed by atoms with Crippen LogP contribution in [0.1, 0.15) is 32.6 Å². The zero-order chi connectivity index (χ0) is 18.5. The highest BCUT2D eigenvalue weighted by Crippen LogP contribution is 2.28. The van der Waals surface area contributed by atoms with Crippen molar-refractivity contribution in [1.82, 2.24) is 4.90 Å². The normalized spacial score (nSPS) is 23.4. The number of benzene rings is 1. The first-order valence-electron chi connectivity index (χ1n) is 9.47. The Morgan fingerprint density at radius 3 is 2.69 bits per heavy atom. The van der Waals surface area contributed by atoms with E-state index in [2.05, 4.69) is 6.92 Å². The molecule has 0 aliphatic carbocycles. The van der Waals surface area contributed by atoms with Gasteiger partial charge in [-0.25, -0.2) is 0 Å². The van der Waals surface area contributed by atoms with E-state index in [1.54, 1.807) is 12.0 Å². The fourth-order valence-corrected chi connectivity index (χ4v) is 3.70. The van der Waals surface area contributed by atoms with Crippen molar-refractivity contribution in [3.05, 3.63) is 24.3 Å². The molecule has 6 heteroatoms. The van der Waals surface area contributed by atoms with E-state index in [0.29, 0.717) is 13.1 Å². The van der Waals surface area contributed by atoms with Crippen LogP contribution in [0.25, 0.3) is 0 Å². The maximum absolute atomic E-state index is 12.9. The molecule has 2 aliphatic heterocycles. The summed E-state index contributed by atoms with van der Waals surface area (Å²) in [4.78, 5) is 28.9. The summed E-state index contributed by atoms with van der Waals surface area (Å²) in [6.07, 6.45) is 3.36. The van der Waals surface area contributed by atoms with Crippen LogP contribution >= 0.6 is 0 Å². The first-order chi connectivity index (χ1) is 12.6. The maximum Gasteiger partial charge on any atom is 0.228 e. The van der Waals surface area contributed by atoms with E-state index in [4.69, 9.17) is 9.47 Å². The number of carbonyl (C=O) groups excluding carboxylic acids is 2. The van der Waals surface area contributed by atoms with Crippen LogP contribution in [0.15, 0.2) is 24.3 Å². The Morgan fingerprint density at radius 1 is 1.23 bits per heavy atom. The van der Waals surface area contributed by atoms with Gasteiger partial charge in [-0.15, -0.1) is 0 Å². The van der Waals surface area contributed by atoms with Gasteiger partial charge in [0.05, 0.1) is 19.1 Å². The Bertz CT molecular complexity index is 631. The third-order valence-electron chi connectivity index (χ3n) is 5.11. The predicted molar refractivity (Wildman–Crippen MR) is 99.3 cm³/mol. The number of hydrogen-bond acceptors (Lipinski definition) is 4. The van der Waals surface area contributed by atoms with Crippen molar-refractivity contribution in [1.29, 1.82) is 0 Å². The highest BCUT2D eigenvalue weighted by molar-refractivity contribution is 6.00. The van der Waals surface area contributed by atoms with Crippen molar-refractivity contribution in [2.75, 3.05) is 38.3 Å². The molecule has 1 aromatic rings. The minimum Gasteiger partial charge on any atom is -0.497 e. The minimum absolute atomic E-state index is 0.00399. The fraction of sp³-hybridized carbons (Fsp3) is 0.600. The third-order valence-corrected chi connectivity index (χ3v) is 5.11. The van der Waals surface area contributed by atoms with Gasteiger partial charge in [0.25, 0.3) is 0 Å². The molecule has 2 atom stereocenters. The number of amides is 2. The summed E-state index contributed by atoms with van der Waals surface area (Å²) in [5.74, 6) is 0.567. The summed E-state index contributed by atoms with van der Waals surface area (Å²) in [5, 5.41) is 0. The van der Waals surface area contributed by atoms with Gasteiger partial charge in [0.15, 0.2) is 0 Å². The Morgan fingerprint density at radius 2 is 2.00 bits per heavy atom. The highest BCUT2D eigenvalue weighted by atomic mass is 16.5. The number of hydrogen-bond donors (Lipinski definition) is 0. The average molecular weight is 360 g/mol. The van der Waals surface area contributed by atoms with Gasteiger partial charge in [0.1, 0.15) is 5.75 Å². The predicted octanol–water partition coefficient (Wildman–Crippen LogP) is 2.47. The molecule has 0 saturated carbocycles. The van der Waals surface area contributed by atoms with Crippen molar-refractivity contribution in [3.63, 3.8) is 0 Å². The minimum atomic E-state index is -0.269. The van der Waals surface area contributed by atoms with Crippen LogP contribution in [0.4, 0.5) is 5.69 Å². The quantitative estimate of drug-likeness (QED) is 0.782. The molecular formula is C20H28N2O4. The molecule has 2 amide bonds. The number of ether oxygens (including phenoxy) is 2. The lowest BCUT2D eigenvalue weighted by Crippen LogP contribution is -2.46. The Balaban J connectivity index is 1.61. The fourth-order valence-electron chi connectivity index (χ4n) is 3.70. The highest BCUT2D eigenvalue weighted by Gasteiger charge is 2.38. The lowest BCUT2D eigenvalue weighted by atomic mass is 10.0. The Kier molecular flexibility index (Phi) is 6.14. The van der Waals surface area contributed by atoms with Crippen molar-refractivity contribution in [3.8, 4) is 5.75 Å². The van der Waals surface area contributed by atoms with E-state index in [9.17, 15) is 9.59 Å². The van der Waals surface area contributed by atoms with Crippen LogP contribution in [-0.2, 0) is 14.3 Å². The summed E-state index contributed by atoms with van der Waals surface area (Å²) >= 11 is 0. The molecule has 26 heavy (non-hydrogen) atoms. The third kappa shape index (κ3) is 4.18. The number of rotatable bonds is 6. The monoisotopic (exact) mass is 360 g/mol. The number of piperidine rings is 1. The molecule has 2 aliphatic rings. The summed E-state index contributed by atoms with van der Waals surface area (Å²) in [5.41, 5.74) is 0.814. The standard InChI is InChI=1S/C20H28N2O4/c1-3-11-26-18-5-4-10-21(14-18)20(24)15-12-19(23)22(13-15)16-6-8-17(25-2)9-7-16/h6-9,15,18H,3-5,10-14H2,1-2H3. The van der Waals surface area contributed by atoms with Gasteiger partial charge in [-0.3, -0.25) is 9.59 Å². The Hall–Kier alpha value is -2.08. The molecule has 2 fully saturated rings. The molecule has 2 saturated heterocycles. The summed E-state index contributed by atoms with van der Waals surface area (Å²) in [7, 11) is 1.61. The SMILES string of the molecule is CCCOC1CCCN(C(=O)C2CC(=O)N(c3ccc(OC)cc3)C2)C1. The molecule has 1 aromatic carbocycles. The molecule has 0 N–H and O–H groups in total. The van der Waals surface area contributed by atoms with Gasteiger partial charge < -0.3 is 19.3 Å². The summed E-state index contributed by atoms with van der Waals surface area (Å²) in [6.45, 7) is 4.68. The van der Waals surface area contributed by atoms with Crippen molar-refractivity contribution >= 4 is 17.5 Å². The van der Waals surface area contributed by atoms with Crippen LogP contribution in [-0.4, -0.2) is 56.2 Å². The van der Waals surface area contributed by atoms with Crippen molar-refractivity contribution in [2.24, 2.45) is 5.92 Å². The second kappa shape index (κ2) is 8.54. The number of methoxy groups -OCH3 is 1. The van der Waals surface area contributed by atoms with E-state index < -0.39 is 0 Å². The zero-order valence-corrected chi connectivity index (χ0v) is 15.6.